The van der Waals surface area contributed by atoms with Crippen LogP contribution in [0.4, 0.5) is 0 Å². The SMILES string of the molecule is Cc1cc(/C(N)=N/O)cc(Oc2ccc(Cl)c(Cl)c2)n1. The maximum absolute atomic E-state index is 8.70. The number of aryl methyl sites for hydroxylation is 1. The summed E-state index contributed by atoms with van der Waals surface area (Å²) >= 11 is 11.7. The van der Waals surface area contributed by atoms with Gasteiger partial charge in [0.15, 0.2) is 5.84 Å². The number of hydrogen-bond acceptors (Lipinski definition) is 4. The summed E-state index contributed by atoms with van der Waals surface area (Å²) < 4.78 is 5.58. The molecule has 3 N–H and O–H groups in total. The molecule has 0 saturated heterocycles. The van der Waals surface area contributed by atoms with Crippen molar-refractivity contribution in [1.82, 2.24) is 4.98 Å². The first-order chi connectivity index (χ1) is 9.49. The summed E-state index contributed by atoms with van der Waals surface area (Å²) in [5.41, 5.74) is 6.73. The number of nitrogens with zero attached hydrogens (tertiary/aromatic N) is 2. The number of amidine groups is 1. The number of halogens is 2. The standard InChI is InChI=1S/C13H11Cl2N3O2/c1-7-4-8(13(16)18-19)5-12(17-7)20-9-2-3-10(14)11(15)6-9/h2-6,19H,1H3,(H2,16,18). The third-order valence-corrected chi connectivity index (χ3v) is 3.19. The molecule has 2 rings (SSSR count). The maximum atomic E-state index is 8.70. The van der Waals surface area contributed by atoms with Gasteiger partial charge >= 0.3 is 0 Å². The molecule has 1 heterocycles. The highest BCUT2D eigenvalue weighted by molar-refractivity contribution is 6.42. The van der Waals surface area contributed by atoms with Gasteiger partial charge in [-0.05, 0) is 25.1 Å². The van der Waals surface area contributed by atoms with E-state index in [4.69, 9.17) is 38.9 Å². The van der Waals surface area contributed by atoms with Crippen LogP contribution in [-0.4, -0.2) is 16.0 Å². The summed E-state index contributed by atoms with van der Waals surface area (Å²) in [5, 5.41) is 12.5. The van der Waals surface area contributed by atoms with Crippen molar-refractivity contribution < 1.29 is 9.94 Å². The van der Waals surface area contributed by atoms with E-state index in [1.165, 1.54) is 0 Å². The van der Waals surface area contributed by atoms with Gasteiger partial charge < -0.3 is 15.7 Å². The number of aromatic nitrogens is 1. The van der Waals surface area contributed by atoms with E-state index in [1.54, 1.807) is 37.3 Å². The zero-order valence-electron chi connectivity index (χ0n) is 10.5. The van der Waals surface area contributed by atoms with Gasteiger partial charge in [-0.15, -0.1) is 0 Å². The van der Waals surface area contributed by atoms with Gasteiger partial charge in [0.1, 0.15) is 5.75 Å². The second kappa shape index (κ2) is 5.98. The Labute approximate surface area is 125 Å². The Kier molecular flexibility index (Phi) is 4.32. The lowest BCUT2D eigenvalue weighted by atomic mass is 10.2. The molecule has 0 saturated carbocycles. The smallest absolute Gasteiger partial charge is 0.220 e. The van der Waals surface area contributed by atoms with Gasteiger partial charge in [-0.25, -0.2) is 4.98 Å². The molecule has 0 atom stereocenters. The molecule has 0 fully saturated rings. The van der Waals surface area contributed by atoms with Crippen LogP contribution in [0.2, 0.25) is 10.0 Å². The van der Waals surface area contributed by atoms with Crippen molar-refractivity contribution in [2.24, 2.45) is 10.9 Å². The van der Waals surface area contributed by atoms with Gasteiger partial charge in [-0.3, -0.25) is 0 Å². The highest BCUT2D eigenvalue weighted by Crippen LogP contribution is 2.29. The zero-order valence-corrected chi connectivity index (χ0v) is 12.0. The van der Waals surface area contributed by atoms with Crippen molar-refractivity contribution in [2.45, 2.75) is 6.92 Å². The number of benzene rings is 1. The lowest BCUT2D eigenvalue weighted by Gasteiger charge is -2.08. The monoisotopic (exact) mass is 311 g/mol. The molecule has 0 aliphatic carbocycles. The molecule has 0 amide bonds. The maximum Gasteiger partial charge on any atom is 0.220 e. The average Bonchev–Trinajstić information content (AvgIpc) is 2.41. The van der Waals surface area contributed by atoms with E-state index < -0.39 is 0 Å². The predicted molar refractivity (Wildman–Crippen MR) is 78.0 cm³/mol. The van der Waals surface area contributed by atoms with E-state index >= 15 is 0 Å². The molecule has 0 bridgehead atoms. The van der Waals surface area contributed by atoms with Gasteiger partial charge in [0, 0.05) is 23.4 Å². The van der Waals surface area contributed by atoms with Gasteiger partial charge in [0.25, 0.3) is 0 Å². The third kappa shape index (κ3) is 3.31. The fraction of sp³-hybridized carbons (Fsp3) is 0.0769. The minimum absolute atomic E-state index is 0.0190. The largest absolute Gasteiger partial charge is 0.439 e. The van der Waals surface area contributed by atoms with E-state index in [0.29, 0.717) is 32.9 Å². The van der Waals surface area contributed by atoms with Crippen LogP contribution in [0.25, 0.3) is 0 Å². The Morgan fingerprint density at radius 3 is 2.65 bits per heavy atom. The lowest BCUT2D eigenvalue weighted by molar-refractivity contribution is 0.318. The Hall–Kier alpha value is -1.98. The molecule has 0 spiro atoms. The van der Waals surface area contributed by atoms with Gasteiger partial charge in [-0.2, -0.15) is 0 Å². The van der Waals surface area contributed by atoms with Crippen molar-refractivity contribution >= 4 is 29.0 Å². The predicted octanol–water partition coefficient (Wildman–Crippen LogP) is 3.58. The van der Waals surface area contributed by atoms with Crippen LogP contribution < -0.4 is 10.5 Å². The summed E-state index contributed by atoms with van der Waals surface area (Å²) in [6.45, 7) is 1.77. The number of pyridine rings is 1. The average molecular weight is 312 g/mol. The summed E-state index contributed by atoms with van der Waals surface area (Å²) in [5.74, 6) is 0.780. The number of rotatable bonds is 3. The quantitative estimate of drug-likeness (QED) is 0.393. The van der Waals surface area contributed by atoms with Crippen LogP contribution >= 0.6 is 23.2 Å². The minimum Gasteiger partial charge on any atom is -0.439 e. The van der Waals surface area contributed by atoms with E-state index in [1.807, 2.05) is 0 Å². The molecule has 0 aliphatic rings. The second-order valence-electron chi connectivity index (χ2n) is 4.00. The topological polar surface area (TPSA) is 80.7 Å². The first kappa shape index (κ1) is 14.4. The Morgan fingerprint density at radius 1 is 1.25 bits per heavy atom. The van der Waals surface area contributed by atoms with Crippen LogP contribution in [0, 0.1) is 6.92 Å². The third-order valence-electron chi connectivity index (χ3n) is 2.45. The van der Waals surface area contributed by atoms with Crippen molar-refractivity contribution in [3.8, 4) is 11.6 Å². The number of oxime groups is 1. The van der Waals surface area contributed by atoms with Crippen molar-refractivity contribution in [2.75, 3.05) is 0 Å². The number of hydrogen-bond donors (Lipinski definition) is 2. The highest BCUT2D eigenvalue weighted by atomic mass is 35.5. The van der Waals surface area contributed by atoms with Crippen LogP contribution in [0.5, 0.6) is 11.6 Å². The summed E-state index contributed by atoms with van der Waals surface area (Å²) in [7, 11) is 0. The molecule has 7 heteroatoms. The summed E-state index contributed by atoms with van der Waals surface area (Å²) in [4.78, 5) is 4.21. The Bertz CT molecular complexity index is 675. The van der Waals surface area contributed by atoms with Crippen molar-refractivity contribution in [3.05, 3.63) is 51.6 Å². The molecule has 0 radical (unpaired) electrons. The molecule has 104 valence electrons. The first-order valence-electron chi connectivity index (χ1n) is 5.59. The van der Waals surface area contributed by atoms with E-state index in [9.17, 15) is 0 Å². The van der Waals surface area contributed by atoms with Crippen molar-refractivity contribution in [3.63, 3.8) is 0 Å². The summed E-state index contributed by atoms with van der Waals surface area (Å²) in [6.07, 6.45) is 0. The van der Waals surface area contributed by atoms with Gasteiger partial charge in [-0.1, -0.05) is 28.4 Å². The molecule has 20 heavy (non-hydrogen) atoms. The number of nitrogens with two attached hydrogens (primary N) is 1. The van der Waals surface area contributed by atoms with Crippen LogP contribution in [0.15, 0.2) is 35.5 Å². The summed E-state index contributed by atoms with van der Waals surface area (Å²) in [6, 6.07) is 8.11. The van der Waals surface area contributed by atoms with Crippen LogP contribution in [-0.2, 0) is 0 Å². The van der Waals surface area contributed by atoms with E-state index in [2.05, 4.69) is 10.1 Å². The van der Waals surface area contributed by atoms with E-state index in [0.717, 1.165) is 0 Å². The minimum atomic E-state index is -0.0190. The van der Waals surface area contributed by atoms with Crippen LogP contribution in [0.1, 0.15) is 11.3 Å². The van der Waals surface area contributed by atoms with Crippen molar-refractivity contribution in [1.29, 1.82) is 0 Å². The molecular weight excluding hydrogens is 301 g/mol. The highest BCUT2D eigenvalue weighted by Gasteiger charge is 2.07. The van der Waals surface area contributed by atoms with Crippen LogP contribution in [0.3, 0.4) is 0 Å². The second-order valence-corrected chi connectivity index (χ2v) is 4.81. The zero-order chi connectivity index (χ0) is 14.7. The molecule has 0 aliphatic heterocycles. The normalized spacial score (nSPS) is 11.4. The lowest BCUT2D eigenvalue weighted by Crippen LogP contribution is -2.13. The van der Waals surface area contributed by atoms with Gasteiger partial charge in [0.2, 0.25) is 5.88 Å². The molecule has 2 aromatic rings. The molecule has 1 aromatic heterocycles. The molecule has 5 nitrogen and oxygen atoms in total. The first-order valence-corrected chi connectivity index (χ1v) is 6.34. The van der Waals surface area contributed by atoms with Gasteiger partial charge in [0.05, 0.1) is 10.0 Å². The number of ether oxygens (including phenoxy) is 1. The molecular formula is C13H11Cl2N3O2. The van der Waals surface area contributed by atoms with E-state index in [-0.39, 0.29) is 5.84 Å². The Balaban J connectivity index is 2.33. The molecule has 1 aromatic carbocycles. The fourth-order valence-electron chi connectivity index (χ4n) is 1.56. The fourth-order valence-corrected chi connectivity index (χ4v) is 1.85. The Morgan fingerprint density at radius 2 is 2.00 bits per heavy atom. The molecule has 0 unspecified atom stereocenters.